The number of carbonyl (C=O) groups excluding carboxylic acids is 2. The van der Waals surface area contributed by atoms with Gasteiger partial charge in [0.1, 0.15) is 11.5 Å². The maximum Gasteiger partial charge on any atom is 0.300 e. The van der Waals surface area contributed by atoms with Crippen molar-refractivity contribution >= 4 is 34.7 Å². The van der Waals surface area contributed by atoms with Crippen LogP contribution in [0.15, 0.2) is 66.5 Å². The predicted octanol–water partition coefficient (Wildman–Crippen LogP) is 6.01. The molecule has 7 heteroatoms. The van der Waals surface area contributed by atoms with Crippen LogP contribution in [0.25, 0.3) is 5.76 Å². The van der Waals surface area contributed by atoms with E-state index in [9.17, 15) is 14.7 Å². The lowest BCUT2D eigenvalue weighted by molar-refractivity contribution is -0.132. The van der Waals surface area contributed by atoms with Gasteiger partial charge < -0.3 is 9.84 Å². The number of carbonyl (C=O) groups is 2. The van der Waals surface area contributed by atoms with Crippen LogP contribution in [0, 0.1) is 19.8 Å². The SMILES string of the molecule is Cc1cc(/C(O)=C2\C(=O)C(=O)N(c3cc(Cl)ccc3C)C2c2ccncc2)ccc1OCC(C)C. The van der Waals surface area contributed by atoms with Crippen molar-refractivity contribution in [3.05, 3.63) is 93.8 Å². The first-order valence-electron chi connectivity index (χ1n) is 11.4. The third-order valence-electron chi connectivity index (χ3n) is 5.92. The summed E-state index contributed by atoms with van der Waals surface area (Å²) in [6, 6.07) is 13.0. The number of amides is 1. The second-order valence-corrected chi connectivity index (χ2v) is 9.50. The van der Waals surface area contributed by atoms with Crippen LogP contribution in [-0.2, 0) is 9.59 Å². The molecule has 0 bridgehead atoms. The molecular weight excluding hydrogens is 464 g/mol. The summed E-state index contributed by atoms with van der Waals surface area (Å²) >= 11 is 6.24. The maximum atomic E-state index is 13.3. The number of halogens is 1. The van der Waals surface area contributed by atoms with E-state index in [4.69, 9.17) is 16.3 Å². The topological polar surface area (TPSA) is 79.7 Å². The first-order valence-corrected chi connectivity index (χ1v) is 11.8. The van der Waals surface area contributed by atoms with Gasteiger partial charge in [-0.25, -0.2) is 0 Å². The second kappa shape index (κ2) is 9.92. The number of hydrogen-bond donors (Lipinski definition) is 1. The highest BCUT2D eigenvalue weighted by molar-refractivity contribution is 6.52. The van der Waals surface area contributed by atoms with Crippen LogP contribution in [0.2, 0.25) is 5.02 Å². The number of anilines is 1. The van der Waals surface area contributed by atoms with Gasteiger partial charge in [0, 0.05) is 28.7 Å². The van der Waals surface area contributed by atoms with Gasteiger partial charge in [-0.15, -0.1) is 0 Å². The third kappa shape index (κ3) is 4.80. The second-order valence-electron chi connectivity index (χ2n) is 9.07. The summed E-state index contributed by atoms with van der Waals surface area (Å²) in [7, 11) is 0. The lowest BCUT2D eigenvalue weighted by Crippen LogP contribution is -2.30. The molecule has 4 rings (SSSR count). The smallest absolute Gasteiger partial charge is 0.300 e. The van der Waals surface area contributed by atoms with Gasteiger partial charge in [-0.1, -0.05) is 31.5 Å². The molecule has 180 valence electrons. The molecule has 1 unspecified atom stereocenters. The zero-order valence-corrected chi connectivity index (χ0v) is 20.8. The molecule has 6 nitrogen and oxygen atoms in total. The molecule has 1 fully saturated rings. The van der Waals surface area contributed by atoms with Gasteiger partial charge in [-0.2, -0.15) is 0 Å². The van der Waals surface area contributed by atoms with Crippen LogP contribution in [0.5, 0.6) is 5.75 Å². The van der Waals surface area contributed by atoms with E-state index in [1.165, 1.54) is 4.90 Å². The Bertz CT molecular complexity index is 1320. The van der Waals surface area contributed by atoms with E-state index in [1.54, 1.807) is 60.9 Å². The number of Topliss-reactive ketones (excluding diaryl/α,β-unsaturated/α-hetero) is 1. The zero-order valence-electron chi connectivity index (χ0n) is 20.1. The largest absolute Gasteiger partial charge is 0.507 e. The van der Waals surface area contributed by atoms with E-state index < -0.39 is 17.7 Å². The van der Waals surface area contributed by atoms with E-state index in [1.807, 2.05) is 13.8 Å². The fourth-order valence-corrected chi connectivity index (χ4v) is 4.32. The number of aliphatic hydroxyl groups excluding tert-OH is 1. The highest BCUT2D eigenvalue weighted by atomic mass is 35.5. The van der Waals surface area contributed by atoms with Crippen LogP contribution >= 0.6 is 11.6 Å². The highest BCUT2D eigenvalue weighted by Gasteiger charge is 2.47. The van der Waals surface area contributed by atoms with Gasteiger partial charge >= 0.3 is 0 Å². The number of rotatable bonds is 6. The minimum Gasteiger partial charge on any atom is -0.507 e. The monoisotopic (exact) mass is 490 g/mol. The number of aliphatic hydroxyl groups is 1. The molecule has 1 atom stereocenters. The quantitative estimate of drug-likeness (QED) is 0.260. The molecule has 35 heavy (non-hydrogen) atoms. The average Bonchev–Trinajstić information content (AvgIpc) is 3.10. The van der Waals surface area contributed by atoms with Crippen molar-refractivity contribution in [2.45, 2.75) is 33.7 Å². The van der Waals surface area contributed by atoms with Crippen molar-refractivity contribution in [1.82, 2.24) is 4.98 Å². The van der Waals surface area contributed by atoms with Gasteiger partial charge in [0.05, 0.1) is 18.2 Å². The molecule has 3 aromatic rings. The summed E-state index contributed by atoms with van der Waals surface area (Å²) in [5, 5.41) is 11.8. The Morgan fingerprint density at radius 3 is 2.43 bits per heavy atom. The molecule has 1 N–H and O–H groups in total. The fraction of sp³-hybridized carbons (Fsp3) is 0.250. The molecule has 0 radical (unpaired) electrons. The molecule has 1 aliphatic rings. The molecule has 0 aliphatic carbocycles. The minimum absolute atomic E-state index is 0.0100. The van der Waals surface area contributed by atoms with Crippen molar-refractivity contribution < 1.29 is 19.4 Å². The van der Waals surface area contributed by atoms with Crippen molar-refractivity contribution in [3.63, 3.8) is 0 Å². The standard InChI is InChI=1S/C28H27ClN2O4/c1-16(2)15-35-23-8-6-20(13-18(23)4)26(32)24-25(19-9-11-30-12-10-19)31(28(34)27(24)33)22-14-21(29)7-5-17(22)3/h5-14,16,25,32H,15H2,1-4H3/b26-24+. The number of pyridine rings is 1. The van der Waals surface area contributed by atoms with Crippen LogP contribution < -0.4 is 9.64 Å². The predicted molar refractivity (Wildman–Crippen MR) is 137 cm³/mol. The summed E-state index contributed by atoms with van der Waals surface area (Å²) in [5.74, 6) is -0.663. The molecule has 1 amide bonds. The Morgan fingerprint density at radius 2 is 1.77 bits per heavy atom. The van der Waals surface area contributed by atoms with E-state index in [0.29, 0.717) is 40.1 Å². The number of benzene rings is 2. The molecule has 1 aliphatic heterocycles. The van der Waals surface area contributed by atoms with Crippen molar-refractivity contribution in [2.24, 2.45) is 5.92 Å². The zero-order chi connectivity index (χ0) is 25.3. The molecule has 2 heterocycles. The van der Waals surface area contributed by atoms with E-state index in [-0.39, 0.29) is 11.3 Å². The molecule has 0 saturated carbocycles. The summed E-state index contributed by atoms with van der Waals surface area (Å²) in [4.78, 5) is 32.1. The van der Waals surface area contributed by atoms with Gasteiger partial charge in [0.25, 0.3) is 11.7 Å². The lowest BCUT2D eigenvalue weighted by Gasteiger charge is -2.27. The van der Waals surface area contributed by atoms with Gasteiger partial charge in [-0.3, -0.25) is 19.5 Å². The summed E-state index contributed by atoms with van der Waals surface area (Å²) in [5.41, 5.74) is 3.19. The molecular formula is C28H27ClN2O4. The number of hydrogen-bond acceptors (Lipinski definition) is 5. The van der Waals surface area contributed by atoms with E-state index in [2.05, 4.69) is 18.8 Å². The van der Waals surface area contributed by atoms with Gasteiger partial charge in [0.15, 0.2) is 0 Å². The van der Waals surface area contributed by atoms with E-state index in [0.717, 1.165) is 11.1 Å². The Balaban J connectivity index is 1.86. The van der Waals surface area contributed by atoms with Crippen LogP contribution in [-0.4, -0.2) is 28.4 Å². The molecule has 2 aromatic carbocycles. The van der Waals surface area contributed by atoms with E-state index >= 15 is 0 Å². The number of aryl methyl sites for hydroxylation is 2. The summed E-state index contributed by atoms with van der Waals surface area (Å²) in [6.45, 7) is 8.41. The summed E-state index contributed by atoms with van der Waals surface area (Å²) in [6.07, 6.45) is 3.18. The normalized spacial score (nSPS) is 17.3. The molecule has 1 saturated heterocycles. The van der Waals surface area contributed by atoms with Gasteiger partial charge in [0.2, 0.25) is 0 Å². The first-order chi connectivity index (χ1) is 16.7. The van der Waals surface area contributed by atoms with Gasteiger partial charge in [-0.05, 0) is 78.9 Å². The van der Waals surface area contributed by atoms with Crippen LogP contribution in [0.1, 0.15) is 42.1 Å². The first kappa shape index (κ1) is 24.5. The van der Waals surface area contributed by atoms with Crippen LogP contribution in [0.4, 0.5) is 5.69 Å². The number of aromatic nitrogens is 1. The molecule has 1 aromatic heterocycles. The number of ether oxygens (including phenoxy) is 1. The lowest BCUT2D eigenvalue weighted by atomic mass is 9.95. The fourth-order valence-electron chi connectivity index (χ4n) is 4.15. The summed E-state index contributed by atoms with van der Waals surface area (Å²) < 4.78 is 5.84. The average molecular weight is 491 g/mol. The third-order valence-corrected chi connectivity index (χ3v) is 6.15. The molecule has 0 spiro atoms. The Morgan fingerprint density at radius 1 is 1.06 bits per heavy atom. The van der Waals surface area contributed by atoms with Crippen LogP contribution in [0.3, 0.4) is 0 Å². The van der Waals surface area contributed by atoms with Crippen molar-refractivity contribution in [2.75, 3.05) is 11.5 Å². The Hall–Kier alpha value is -3.64. The Kier molecular flexibility index (Phi) is 6.94. The maximum absolute atomic E-state index is 13.3. The minimum atomic E-state index is -0.840. The Labute approximate surface area is 209 Å². The highest BCUT2D eigenvalue weighted by Crippen LogP contribution is 2.43. The van der Waals surface area contributed by atoms with Crippen molar-refractivity contribution in [3.8, 4) is 5.75 Å². The number of nitrogens with zero attached hydrogens (tertiary/aromatic N) is 2. The number of ketones is 1. The van der Waals surface area contributed by atoms with Crippen molar-refractivity contribution in [1.29, 1.82) is 0 Å².